The Labute approximate surface area is 135 Å². The Hall–Kier alpha value is -0.520. The molecule has 3 rings (SSSR count). The van der Waals surface area contributed by atoms with E-state index in [0.29, 0.717) is 23.2 Å². The second-order valence-electron chi connectivity index (χ2n) is 5.77. The number of halogens is 2. The third-order valence-electron chi connectivity index (χ3n) is 4.26. The van der Waals surface area contributed by atoms with Gasteiger partial charge in [-0.2, -0.15) is 0 Å². The van der Waals surface area contributed by atoms with Crippen molar-refractivity contribution in [3.63, 3.8) is 0 Å². The summed E-state index contributed by atoms with van der Waals surface area (Å²) >= 11 is 11.9. The summed E-state index contributed by atoms with van der Waals surface area (Å²) in [5.74, 6) is 0.0951. The van der Waals surface area contributed by atoms with Crippen LogP contribution in [0.3, 0.4) is 0 Å². The Morgan fingerprint density at radius 3 is 3.10 bits per heavy atom. The number of nitrogens with zero attached hydrogens (tertiary/aromatic N) is 1. The monoisotopic (exact) mass is 330 g/mol. The molecule has 2 N–H and O–H groups in total. The fourth-order valence-electron chi connectivity index (χ4n) is 3.13. The van der Waals surface area contributed by atoms with Crippen molar-refractivity contribution in [3.8, 4) is 5.75 Å². The first kappa shape index (κ1) is 15.4. The highest BCUT2D eigenvalue weighted by Gasteiger charge is 2.31. The summed E-state index contributed by atoms with van der Waals surface area (Å²) in [5, 5.41) is 14.0. The fourth-order valence-corrected chi connectivity index (χ4v) is 3.67. The minimum absolute atomic E-state index is 0.0951. The molecule has 1 aromatic carbocycles. The lowest BCUT2D eigenvalue weighted by Gasteiger charge is -2.35. The van der Waals surface area contributed by atoms with E-state index in [1.165, 1.54) is 19.4 Å². The smallest absolute Gasteiger partial charge is 0.138 e. The SMILES string of the molecule is Oc1c(Cl)cc(Cl)cc1CNCC1CN2CCCC2CO1. The van der Waals surface area contributed by atoms with E-state index in [1.807, 2.05) is 0 Å². The molecule has 2 fully saturated rings. The molecule has 1 aromatic rings. The van der Waals surface area contributed by atoms with Crippen LogP contribution in [0.4, 0.5) is 0 Å². The molecule has 21 heavy (non-hydrogen) atoms. The lowest BCUT2D eigenvalue weighted by molar-refractivity contribution is -0.0470. The molecule has 6 heteroatoms. The van der Waals surface area contributed by atoms with Crippen molar-refractivity contribution in [1.29, 1.82) is 0 Å². The van der Waals surface area contributed by atoms with Crippen molar-refractivity contribution < 1.29 is 9.84 Å². The molecule has 2 saturated heterocycles. The number of aromatic hydroxyl groups is 1. The summed E-state index contributed by atoms with van der Waals surface area (Å²) in [6.07, 6.45) is 2.74. The maximum atomic E-state index is 9.91. The highest BCUT2D eigenvalue weighted by atomic mass is 35.5. The molecular weight excluding hydrogens is 311 g/mol. The Morgan fingerprint density at radius 1 is 1.38 bits per heavy atom. The van der Waals surface area contributed by atoms with E-state index in [2.05, 4.69) is 10.2 Å². The summed E-state index contributed by atoms with van der Waals surface area (Å²) < 4.78 is 5.89. The molecular formula is C15H20Cl2N2O2. The molecule has 4 nitrogen and oxygen atoms in total. The number of phenols is 1. The van der Waals surface area contributed by atoms with Gasteiger partial charge in [0, 0.05) is 36.3 Å². The number of hydrogen-bond donors (Lipinski definition) is 2. The van der Waals surface area contributed by atoms with Gasteiger partial charge in [-0.15, -0.1) is 0 Å². The Bertz CT molecular complexity index is 513. The van der Waals surface area contributed by atoms with Crippen LogP contribution in [0, 0.1) is 0 Å². The van der Waals surface area contributed by atoms with Crippen LogP contribution in [-0.4, -0.2) is 48.4 Å². The molecule has 0 spiro atoms. The van der Waals surface area contributed by atoms with Gasteiger partial charge in [-0.1, -0.05) is 23.2 Å². The molecule has 0 amide bonds. The molecule has 0 aromatic heterocycles. The average molecular weight is 331 g/mol. The summed E-state index contributed by atoms with van der Waals surface area (Å²) in [5.41, 5.74) is 0.711. The molecule has 0 bridgehead atoms. The van der Waals surface area contributed by atoms with Crippen LogP contribution in [0.2, 0.25) is 10.0 Å². The third kappa shape index (κ3) is 3.63. The first-order chi connectivity index (χ1) is 10.1. The van der Waals surface area contributed by atoms with Gasteiger partial charge in [-0.05, 0) is 31.5 Å². The van der Waals surface area contributed by atoms with Crippen LogP contribution < -0.4 is 5.32 Å². The van der Waals surface area contributed by atoms with Crippen molar-refractivity contribution in [1.82, 2.24) is 10.2 Å². The van der Waals surface area contributed by atoms with Crippen LogP contribution in [0.5, 0.6) is 5.75 Å². The fraction of sp³-hybridized carbons (Fsp3) is 0.600. The summed E-state index contributed by atoms with van der Waals surface area (Å²) in [7, 11) is 0. The van der Waals surface area contributed by atoms with Gasteiger partial charge < -0.3 is 15.2 Å². The highest BCUT2D eigenvalue weighted by Crippen LogP contribution is 2.31. The Balaban J connectivity index is 1.50. The van der Waals surface area contributed by atoms with Gasteiger partial charge in [-0.25, -0.2) is 0 Å². The molecule has 2 aliphatic rings. The summed E-state index contributed by atoms with van der Waals surface area (Å²) in [6, 6.07) is 3.89. The van der Waals surface area contributed by atoms with Gasteiger partial charge in [0.15, 0.2) is 0 Å². The predicted octanol–water partition coefficient (Wildman–Crippen LogP) is 2.65. The second-order valence-corrected chi connectivity index (χ2v) is 6.62. The number of phenolic OH excluding ortho intramolecular Hbond substituents is 1. The lowest BCUT2D eigenvalue weighted by atomic mass is 10.1. The van der Waals surface area contributed by atoms with Crippen molar-refractivity contribution in [2.24, 2.45) is 0 Å². The number of fused-ring (bicyclic) bond motifs is 1. The van der Waals surface area contributed by atoms with Crippen LogP contribution in [0.15, 0.2) is 12.1 Å². The van der Waals surface area contributed by atoms with E-state index in [9.17, 15) is 5.11 Å². The van der Waals surface area contributed by atoms with Gasteiger partial charge in [0.2, 0.25) is 0 Å². The standard InChI is InChI=1S/C15H20Cl2N2O2/c16-11-4-10(15(20)14(17)5-11)6-18-7-13-8-19-3-1-2-12(19)9-21-13/h4-5,12-13,18,20H,1-3,6-9H2. The molecule has 2 aliphatic heterocycles. The summed E-state index contributed by atoms with van der Waals surface area (Å²) in [4.78, 5) is 2.52. The zero-order chi connectivity index (χ0) is 14.8. The molecule has 0 aliphatic carbocycles. The summed E-state index contributed by atoms with van der Waals surface area (Å²) in [6.45, 7) is 4.29. The Morgan fingerprint density at radius 2 is 2.24 bits per heavy atom. The average Bonchev–Trinajstić information content (AvgIpc) is 2.91. The number of nitrogens with one attached hydrogen (secondary N) is 1. The topological polar surface area (TPSA) is 44.7 Å². The van der Waals surface area contributed by atoms with Crippen LogP contribution in [-0.2, 0) is 11.3 Å². The lowest BCUT2D eigenvalue weighted by Crippen LogP contribution is -2.49. The number of morpholine rings is 1. The molecule has 116 valence electrons. The van der Waals surface area contributed by atoms with Crippen molar-refractivity contribution >= 4 is 23.2 Å². The third-order valence-corrected chi connectivity index (χ3v) is 4.76. The van der Waals surface area contributed by atoms with Gasteiger partial charge in [-0.3, -0.25) is 4.90 Å². The number of ether oxygens (including phenoxy) is 1. The first-order valence-electron chi connectivity index (χ1n) is 7.36. The normalized spacial score (nSPS) is 26.0. The number of rotatable bonds is 4. The predicted molar refractivity (Wildman–Crippen MR) is 84.2 cm³/mol. The van der Waals surface area contributed by atoms with Gasteiger partial charge >= 0.3 is 0 Å². The zero-order valence-corrected chi connectivity index (χ0v) is 13.3. The largest absolute Gasteiger partial charge is 0.506 e. The highest BCUT2D eigenvalue weighted by molar-refractivity contribution is 6.35. The molecule has 2 heterocycles. The first-order valence-corrected chi connectivity index (χ1v) is 8.12. The quantitative estimate of drug-likeness (QED) is 0.890. The second kappa shape index (κ2) is 6.71. The van der Waals surface area contributed by atoms with Gasteiger partial charge in [0.1, 0.15) is 5.75 Å². The van der Waals surface area contributed by atoms with Crippen molar-refractivity contribution in [2.75, 3.05) is 26.2 Å². The molecule has 2 unspecified atom stereocenters. The van der Waals surface area contributed by atoms with Gasteiger partial charge in [0.25, 0.3) is 0 Å². The van der Waals surface area contributed by atoms with E-state index in [0.717, 1.165) is 19.7 Å². The maximum Gasteiger partial charge on any atom is 0.138 e. The zero-order valence-electron chi connectivity index (χ0n) is 11.8. The van der Waals surface area contributed by atoms with E-state index in [-0.39, 0.29) is 16.9 Å². The minimum Gasteiger partial charge on any atom is -0.506 e. The maximum absolute atomic E-state index is 9.91. The van der Waals surface area contributed by atoms with E-state index in [1.54, 1.807) is 12.1 Å². The van der Waals surface area contributed by atoms with E-state index < -0.39 is 0 Å². The number of hydrogen-bond acceptors (Lipinski definition) is 4. The Kier molecular flexibility index (Phi) is 4.92. The minimum atomic E-state index is 0.0951. The van der Waals surface area contributed by atoms with E-state index >= 15 is 0 Å². The number of benzene rings is 1. The van der Waals surface area contributed by atoms with Crippen molar-refractivity contribution in [3.05, 3.63) is 27.7 Å². The van der Waals surface area contributed by atoms with Crippen LogP contribution >= 0.6 is 23.2 Å². The van der Waals surface area contributed by atoms with Crippen LogP contribution in [0.1, 0.15) is 18.4 Å². The van der Waals surface area contributed by atoms with Crippen molar-refractivity contribution in [2.45, 2.75) is 31.5 Å². The molecule has 0 saturated carbocycles. The van der Waals surface area contributed by atoms with Gasteiger partial charge in [0.05, 0.1) is 17.7 Å². The van der Waals surface area contributed by atoms with E-state index in [4.69, 9.17) is 27.9 Å². The van der Waals surface area contributed by atoms with Crippen LogP contribution in [0.25, 0.3) is 0 Å². The molecule has 0 radical (unpaired) electrons. The molecule has 2 atom stereocenters.